The molecule has 4 aromatic heterocycles. The van der Waals surface area contributed by atoms with Crippen LogP contribution in [0.3, 0.4) is 0 Å². The lowest BCUT2D eigenvalue weighted by molar-refractivity contribution is 1.14. The molecule has 0 aliphatic carbocycles. The molecule has 0 unspecified atom stereocenters. The molecular formula is C63H34N6S. The molecule has 4 heterocycles. The van der Waals surface area contributed by atoms with Gasteiger partial charge >= 0.3 is 0 Å². The van der Waals surface area contributed by atoms with Gasteiger partial charge in [0.2, 0.25) is 0 Å². The second kappa shape index (κ2) is 15.2. The van der Waals surface area contributed by atoms with Crippen LogP contribution >= 0.6 is 11.3 Å². The highest BCUT2D eigenvalue weighted by atomic mass is 32.1. The molecule has 7 heteroatoms. The number of hydrogen-bond acceptors (Lipinski definition) is 4. The van der Waals surface area contributed by atoms with Crippen molar-refractivity contribution in [3.05, 3.63) is 223 Å². The van der Waals surface area contributed by atoms with Crippen LogP contribution in [-0.4, -0.2) is 13.7 Å². The van der Waals surface area contributed by atoms with Crippen LogP contribution in [0.5, 0.6) is 0 Å². The predicted octanol–water partition coefficient (Wildman–Crippen LogP) is 16.3. The van der Waals surface area contributed by atoms with Crippen LogP contribution in [-0.2, 0) is 0 Å². The number of fused-ring (bicyclic) bond motifs is 13. The molecule has 0 atom stereocenters. The molecule has 10 aromatic carbocycles. The summed E-state index contributed by atoms with van der Waals surface area (Å²) in [7, 11) is 0. The molecule has 0 aliphatic heterocycles. The summed E-state index contributed by atoms with van der Waals surface area (Å²) in [6.07, 6.45) is 0. The Labute approximate surface area is 404 Å². The van der Waals surface area contributed by atoms with Gasteiger partial charge in [-0.25, -0.2) is 0 Å². The highest BCUT2D eigenvalue weighted by molar-refractivity contribution is 7.25. The van der Waals surface area contributed by atoms with Crippen molar-refractivity contribution in [1.82, 2.24) is 13.7 Å². The van der Waals surface area contributed by atoms with E-state index in [0.717, 1.165) is 77.4 Å². The summed E-state index contributed by atoms with van der Waals surface area (Å²) in [4.78, 5) is 0. The van der Waals surface area contributed by atoms with Gasteiger partial charge in [0.05, 0.1) is 73.7 Å². The van der Waals surface area contributed by atoms with Crippen LogP contribution in [0.4, 0.5) is 0 Å². The van der Waals surface area contributed by atoms with E-state index in [1.54, 1.807) is 29.5 Å². The van der Waals surface area contributed by atoms with Crippen molar-refractivity contribution in [2.75, 3.05) is 0 Å². The largest absolute Gasteiger partial charge is 0.309 e. The average molecular weight is 907 g/mol. The van der Waals surface area contributed by atoms with Crippen LogP contribution in [0.1, 0.15) is 16.7 Å². The number of hydrogen-bond donors (Lipinski definition) is 0. The van der Waals surface area contributed by atoms with Crippen molar-refractivity contribution in [2.45, 2.75) is 0 Å². The SMILES string of the molecule is N#Cc1ccc(-c2ccc(-n3c4ccccc4c4c3ccc3c5ccccc5n(-c5ccccc5)c34)cc2-n2c3ccccc3c3cc4c(cc32)sc2ccccc24)cc1-c1c(C#N)cccc1C#N. The number of nitrogens with zero attached hydrogens (tertiary/aromatic N) is 6. The van der Waals surface area contributed by atoms with Gasteiger partial charge in [0.1, 0.15) is 0 Å². The summed E-state index contributed by atoms with van der Waals surface area (Å²) >= 11 is 1.80. The van der Waals surface area contributed by atoms with E-state index in [4.69, 9.17) is 0 Å². The van der Waals surface area contributed by atoms with Gasteiger partial charge < -0.3 is 13.7 Å². The van der Waals surface area contributed by atoms with E-state index in [1.807, 2.05) is 18.2 Å². The Morgan fingerprint density at radius 3 is 1.73 bits per heavy atom. The maximum Gasteiger partial charge on any atom is 0.0998 e. The van der Waals surface area contributed by atoms with E-state index in [2.05, 4.69) is 202 Å². The van der Waals surface area contributed by atoms with E-state index in [0.29, 0.717) is 27.8 Å². The first-order chi connectivity index (χ1) is 34.6. The fraction of sp³-hybridized carbons (Fsp3) is 0. The van der Waals surface area contributed by atoms with Crippen molar-refractivity contribution in [3.8, 4) is 57.5 Å². The molecule has 6 nitrogen and oxygen atoms in total. The summed E-state index contributed by atoms with van der Waals surface area (Å²) < 4.78 is 9.66. The second-order valence-electron chi connectivity index (χ2n) is 17.7. The van der Waals surface area contributed by atoms with Gasteiger partial charge in [-0.1, -0.05) is 115 Å². The third kappa shape index (κ3) is 5.57. The maximum atomic E-state index is 10.5. The van der Waals surface area contributed by atoms with E-state index in [9.17, 15) is 15.8 Å². The maximum absolute atomic E-state index is 10.5. The van der Waals surface area contributed by atoms with Gasteiger partial charge in [0.15, 0.2) is 0 Å². The third-order valence-electron chi connectivity index (χ3n) is 14.2. The summed E-state index contributed by atoms with van der Waals surface area (Å²) in [6.45, 7) is 0. The van der Waals surface area contributed by atoms with Crippen LogP contribution < -0.4 is 0 Å². The zero-order valence-corrected chi connectivity index (χ0v) is 38.0. The summed E-state index contributed by atoms with van der Waals surface area (Å²) in [5.74, 6) is 0. The Hall–Kier alpha value is -9.71. The van der Waals surface area contributed by atoms with Crippen molar-refractivity contribution in [1.29, 1.82) is 15.8 Å². The van der Waals surface area contributed by atoms with Crippen LogP contribution in [0.2, 0.25) is 0 Å². The van der Waals surface area contributed by atoms with E-state index >= 15 is 0 Å². The zero-order valence-electron chi connectivity index (χ0n) is 37.2. The fourth-order valence-corrected chi connectivity index (χ4v) is 12.3. The molecule has 0 saturated carbocycles. The van der Waals surface area contributed by atoms with Gasteiger partial charge in [-0.15, -0.1) is 11.3 Å². The Morgan fingerprint density at radius 2 is 0.986 bits per heavy atom. The van der Waals surface area contributed by atoms with E-state index < -0.39 is 0 Å². The highest BCUT2D eigenvalue weighted by Gasteiger charge is 2.24. The lowest BCUT2D eigenvalue weighted by Crippen LogP contribution is -2.02. The van der Waals surface area contributed by atoms with Crippen molar-refractivity contribution < 1.29 is 0 Å². The van der Waals surface area contributed by atoms with Crippen LogP contribution in [0.15, 0.2) is 206 Å². The monoisotopic (exact) mass is 906 g/mol. The normalized spacial score (nSPS) is 11.7. The summed E-state index contributed by atoms with van der Waals surface area (Å²) in [5, 5.41) is 40.7. The number of para-hydroxylation sites is 4. The lowest BCUT2D eigenvalue weighted by Gasteiger charge is -2.19. The molecule has 0 N–H and O–H groups in total. The predicted molar refractivity (Wildman–Crippen MR) is 287 cm³/mol. The minimum atomic E-state index is 0.338. The van der Waals surface area contributed by atoms with Crippen molar-refractivity contribution in [2.24, 2.45) is 0 Å². The number of aromatic nitrogens is 3. The quantitative estimate of drug-likeness (QED) is 0.172. The number of rotatable bonds is 5. The van der Waals surface area contributed by atoms with Crippen LogP contribution in [0, 0.1) is 34.0 Å². The molecule has 14 rings (SSSR count). The molecule has 0 aliphatic rings. The topological polar surface area (TPSA) is 86.2 Å². The van der Waals surface area contributed by atoms with Gasteiger partial charge in [0.25, 0.3) is 0 Å². The smallest absolute Gasteiger partial charge is 0.0998 e. The molecule has 0 bridgehead atoms. The van der Waals surface area contributed by atoms with Crippen LogP contribution in [0.25, 0.3) is 125 Å². The molecule has 0 amide bonds. The number of nitriles is 3. The van der Waals surface area contributed by atoms with E-state index in [1.165, 1.54) is 36.3 Å². The Morgan fingerprint density at radius 1 is 0.343 bits per heavy atom. The molecule has 70 heavy (non-hydrogen) atoms. The minimum absolute atomic E-state index is 0.338. The fourth-order valence-electron chi connectivity index (χ4n) is 11.2. The first-order valence-electron chi connectivity index (χ1n) is 23.1. The first-order valence-corrected chi connectivity index (χ1v) is 23.9. The summed E-state index contributed by atoms with van der Waals surface area (Å²) in [6, 6.07) is 79.1. The third-order valence-corrected chi connectivity index (χ3v) is 15.3. The molecule has 322 valence electrons. The minimum Gasteiger partial charge on any atom is -0.309 e. The van der Waals surface area contributed by atoms with Gasteiger partial charge in [-0.2, -0.15) is 15.8 Å². The standard InChI is InChI=1S/C63H34N6S/c64-35-39-26-25-38(31-50(39)61-40(36-65)13-12-14-41(61)37-66)44-28-27-43(32-57(44)69-54-22-9-5-18-46(54)51-33-52-47-19-7-11-24-59(47)70-60(52)34-58(51)69)67-55-23-10-6-20-49(55)62-56(67)30-29-48-45-17-4-8-21-53(45)68(63(48)62)42-15-2-1-3-16-42/h1-34H. The Balaban J connectivity index is 1.11. The molecule has 0 saturated heterocycles. The lowest BCUT2D eigenvalue weighted by atomic mass is 9.89. The van der Waals surface area contributed by atoms with Crippen molar-refractivity contribution >= 4 is 96.9 Å². The number of benzene rings is 10. The Kier molecular flexibility index (Phi) is 8.54. The molecule has 14 aromatic rings. The molecule has 0 spiro atoms. The van der Waals surface area contributed by atoms with Gasteiger partial charge in [-0.3, -0.25) is 0 Å². The molecular weight excluding hydrogens is 873 g/mol. The van der Waals surface area contributed by atoms with E-state index in [-0.39, 0.29) is 0 Å². The summed E-state index contributed by atoms with van der Waals surface area (Å²) in [5.41, 5.74) is 13.5. The molecule has 0 radical (unpaired) electrons. The zero-order chi connectivity index (χ0) is 46.6. The van der Waals surface area contributed by atoms with Gasteiger partial charge in [-0.05, 0) is 96.6 Å². The Bertz CT molecular complexity index is 4660. The second-order valence-corrected chi connectivity index (χ2v) is 18.8. The first kappa shape index (κ1) is 39.5. The molecule has 0 fully saturated rings. The van der Waals surface area contributed by atoms with Crippen molar-refractivity contribution in [3.63, 3.8) is 0 Å². The van der Waals surface area contributed by atoms with Gasteiger partial charge in [0, 0.05) is 80.6 Å². The number of thiophene rings is 1. The average Bonchev–Trinajstić information content (AvgIpc) is 4.16. The highest BCUT2D eigenvalue weighted by Crippen LogP contribution is 2.46.